The molecule has 0 aliphatic carbocycles. The van der Waals surface area contributed by atoms with Gasteiger partial charge in [0.15, 0.2) is 23.1 Å². The van der Waals surface area contributed by atoms with E-state index in [1.165, 1.54) is 25.3 Å². The Morgan fingerprint density at radius 1 is 1.29 bits per heavy atom. The zero-order chi connectivity index (χ0) is 20.1. The van der Waals surface area contributed by atoms with Gasteiger partial charge in [0.05, 0.1) is 31.4 Å². The number of carbonyl (C=O) groups excluding carboxylic acids is 1. The molecule has 148 valence electrons. The second kappa shape index (κ2) is 8.97. The third-order valence-electron chi connectivity index (χ3n) is 4.29. The fraction of sp³-hybridized carbons (Fsp3) is 0.286. The van der Waals surface area contributed by atoms with Crippen molar-refractivity contribution in [3.63, 3.8) is 0 Å². The third-order valence-corrected chi connectivity index (χ3v) is 4.57. The molecule has 0 fully saturated rings. The van der Waals surface area contributed by atoms with E-state index in [-0.39, 0.29) is 17.7 Å². The Morgan fingerprint density at radius 3 is 2.82 bits per heavy atom. The van der Waals surface area contributed by atoms with Gasteiger partial charge in [0.1, 0.15) is 0 Å². The Labute approximate surface area is 168 Å². The summed E-state index contributed by atoms with van der Waals surface area (Å²) in [6, 6.07) is 7.70. The van der Waals surface area contributed by atoms with Gasteiger partial charge in [0.2, 0.25) is 5.91 Å². The number of nitrogens with one attached hydrogen (secondary N) is 1. The van der Waals surface area contributed by atoms with Crippen molar-refractivity contribution in [3.8, 4) is 17.2 Å². The summed E-state index contributed by atoms with van der Waals surface area (Å²) in [4.78, 5) is 12.2. The topological polar surface area (TPSA) is 56.8 Å². The van der Waals surface area contributed by atoms with Crippen LogP contribution >= 0.6 is 11.6 Å². The molecule has 2 aromatic carbocycles. The van der Waals surface area contributed by atoms with Gasteiger partial charge in [-0.05, 0) is 48.4 Å². The molecule has 0 saturated heterocycles. The number of amides is 1. The number of halogens is 2. The molecule has 7 heteroatoms. The van der Waals surface area contributed by atoms with Crippen LogP contribution in [0, 0.1) is 5.82 Å². The Morgan fingerprint density at radius 2 is 2.07 bits per heavy atom. The molecule has 1 N–H and O–H groups in total. The molecule has 0 unspecified atom stereocenters. The van der Waals surface area contributed by atoms with Crippen molar-refractivity contribution in [2.75, 3.05) is 20.3 Å². The summed E-state index contributed by atoms with van der Waals surface area (Å²) in [5, 5.41) is 3.23. The van der Waals surface area contributed by atoms with Gasteiger partial charge < -0.3 is 19.5 Å². The minimum absolute atomic E-state index is 0.161. The van der Waals surface area contributed by atoms with E-state index < -0.39 is 5.82 Å². The van der Waals surface area contributed by atoms with Crippen LogP contribution in [-0.2, 0) is 4.79 Å². The Hall–Kier alpha value is -2.73. The summed E-state index contributed by atoms with van der Waals surface area (Å²) < 4.78 is 30.0. The van der Waals surface area contributed by atoms with E-state index in [9.17, 15) is 9.18 Å². The number of benzene rings is 2. The lowest BCUT2D eigenvalue weighted by molar-refractivity contribution is -0.117. The van der Waals surface area contributed by atoms with Crippen molar-refractivity contribution < 1.29 is 23.4 Å². The monoisotopic (exact) mass is 405 g/mol. The molecule has 1 aliphatic rings. The average Bonchev–Trinajstić information content (AvgIpc) is 2.92. The first-order valence-corrected chi connectivity index (χ1v) is 9.27. The maximum absolute atomic E-state index is 13.8. The van der Waals surface area contributed by atoms with Crippen molar-refractivity contribution in [1.29, 1.82) is 0 Å². The number of rotatable bonds is 5. The van der Waals surface area contributed by atoms with Gasteiger partial charge in [0, 0.05) is 12.5 Å². The molecule has 0 aromatic heterocycles. The van der Waals surface area contributed by atoms with Crippen molar-refractivity contribution in [2.24, 2.45) is 0 Å². The Balaban J connectivity index is 1.67. The van der Waals surface area contributed by atoms with Crippen molar-refractivity contribution in [1.82, 2.24) is 5.32 Å². The summed E-state index contributed by atoms with van der Waals surface area (Å²) in [6.07, 6.45) is 3.81. The number of ether oxygens (including phenoxy) is 3. The fourth-order valence-electron chi connectivity index (χ4n) is 2.82. The second-order valence-electron chi connectivity index (χ2n) is 6.34. The molecule has 3 rings (SSSR count). The highest BCUT2D eigenvalue weighted by Crippen LogP contribution is 2.38. The number of carbonyl (C=O) groups is 1. The van der Waals surface area contributed by atoms with Crippen LogP contribution in [0.3, 0.4) is 0 Å². The molecule has 0 saturated carbocycles. The highest BCUT2D eigenvalue weighted by atomic mass is 35.5. The minimum atomic E-state index is -0.474. The summed E-state index contributed by atoms with van der Waals surface area (Å²) in [5.74, 6) is 0.460. The van der Waals surface area contributed by atoms with Gasteiger partial charge in [-0.25, -0.2) is 4.39 Å². The maximum atomic E-state index is 13.8. The molecule has 0 bridgehead atoms. The van der Waals surface area contributed by atoms with Gasteiger partial charge in [-0.2, -0.15) is 0 Å². The normalized spacial score (nSPS) is 14.4. The summed E-state index contributed by atoms with van der Waals surface area (Å²) in [7, 11) is 1.40. The van der Waals surface area contributed by atoms with Gasteiger partial charge in [-0.3, -0.25) is 4.79 Å². The predicted molar refractivity (Wildman–Crippen MR) is 106 cm³/mol. The second-order valence-corrected chi connectivity index (χ2v) is 6.75. The van der Waals surface area contributed by atoms with E-state index in [4.69, 9.17) is 25.8 Å². The highest BCUT2D eigenvalue weighted by molar-refractivity contribution is 6.32. The highest BCUT2D eigenvalue weighted by Gasteiger charge is 2.15. The lowest BCUT2D eigenvalue weighted by Crippen LogP contribution is -2.24. The molecule has 1 atom stereocenters. The number of methoxy groups -OCH3 is 1. The molecule has 5 nitrogen and oxygen atoms in total. The van der Waals surface area contributed by atoms with E-state index in [1.807, 2.05) is 0 Å². The van der Waals surface area contributed by atoms with Gasteiger partial charge in [-0.15, -0.1) is 0 Å². The quantitative estimate of drug-likeness (QED) is 0.742. The first kappa shape index (κ1) is 20.0. The molecule has 1 aliphatic heterocycles. The van der Waals surface area contributed by atoms with E-state index in [1.54, 1.807) is 31.2 Å². The molecular weight excluding hydrogens is 385 g/mol. The van der Waals surface area contributed by atoms with Crippen LogP contribution in [0.4, 0.5) is 4.39 Å². The van der Waals surface area contributed by atoms with Gasteiger partial charge in [0.25, 0.3) is 0 Å². The zero-order valence-electron chi connectivity index (χ0n) is 15.6. The molecule has 28 heavy (non-hydrogen) atoms. The minimum Gasteiger partial charge on any atom is -0.494 e. The van der Waals surface area contributed by atoms with E-state index in [0.29, 0.717) is 40.9 Å². The Bertz CT molecular complexity index is 900. The van der Waals surface area contributed by atoms with Gasteiger partial charge in [-0.1, -0.05) is 17.7 Å². The standard InChI is InChI=1S/C21H21ClFNO4/c1-13(15-5-6-18(26-2)17(23)12-15)24-20(25)7-4-14-10-16(22)21-19(11-14)27-8-3-9-28-21/h4-7,10-13H,3,8-9H2,1-2H3,(H,24,25)/b7-4+/t13-/m1/s1. The number of hydrogen-bond donors (Lipinski definition) is 1. The average molecular weight is 406 g/mol. The molecule has 2 aromatic rings. The van der Waals surface area contributed by atoms with Crippen molar-refractivity contribution in [2.45, 2.75) is 19.4 Å². The molecule has 0 radical (unpaired) electrons. The van der Waals surface area contributed by atoms with Crippen LogP contribution in [-0.4, -0.2) is 26.2 Å². The SMILES string of the molecule is COc1ccc([C@@H](C)NC(=O)/C=C/c2cc(Cl)c3c(c2)OCCCO3)cc1F. The number of fused-ring (bicyclic) bond motifs is 1. The lowest BCUT2D eigenvalue weighted by Gasteiger charge is -2.14. The van der Waals surface area contributed by atoms with Gasteiger partial charge >= 0.3 is 0 Å². The molecule has 0 spiro atoms. The largest absolute Gasteiger partial charge is 0.494 e. The van der Waals surface area contributed by atoms with Crippen LogP contribution in [0.25, 0.3) is 6.08 Å². The van der Waals surface area contributed by atoms with Crippen LogP contribution in [0.5, 0.6) is 17.2 Å². The first-order valence-electron chi connectivity index (χ1n) is 8.89. The van der Waals surface area contributed by atoms with Crippen LogP contribution in [0.1, 0.15) is 30.5 Å². The lowest BCUT2D eigenvalue weighted by atomic mass is 10.1. The summed E-state index contributed by atoms with van der Waals surface area (Å²) in [6.45, 7) is 2.87. The molecular formula is C21H21ClFNO4. The van der Waals surface area contributed by atoms with Crippen molar-refractivity contribution >= 4 is 23.6 Å². The van der Waals surface area contributed by atoms with E-state index >= 15 is 0 Å². The fourth-order valence-corrected chi connectivity index (χ4v) is 3.09. The first-order chi connectivity index (χ1) is 13.5. The smallest absolute Gasteiger partial charge is 0.244 e. The zero-order valence-corrected chi connectivity index (χ0v) is 16.4. The van der Waals surface area contributed by atoms with Crippen LogP contribution in [0.2, 0.25) is 5.02 Å². The van der Waals surface area contributed by atoms with Crippen molar-refractivity contribution in [3.05, 3.63) is 58.4 Å². The third kappa shape index (κ3) is 4.75. The predicted octanol–water partition coefficient (Wildman–Crippen LogP) is 4.54. The van der Waals surface area contributed by atoms with E-state index in [0.717, 1.165) is 6.42 Å². The Kier molecular flexibility index (Phi) is 6.41. The molecule has 1 heterocycles. The summed E-state index contributed by atoms with van der Waals surface area (Å²) >= 11 is 6.25. The number of hydrogen-bond acceptors (Lipinski definition) is 4. The summed E-state index contributed by atoms with van der Waals surface area (Å²) in [5.41, 5.74) is 1.35. The molecule has 1 amide bonds. The van der Waals surface area contributed by atoms with Crippen LogP contribution < -0.4 is 19.5 Å². The maximum Gasteiger partial charge on any atom is 0.244 e. The van der Waals surface area contributed by atoms with E-state index in [2.05, 4.69) is 5.32 Å². The van der Waals surface area contributed by atoms with Crippen LogP contribution in [0.15, 0.2) is 36.4 Å².